The van der Waals surface area contributed by atoms with Gasteiger partial charge < -0.3 is 9.32 Å². The van der Waals surface area contributed by atoms with Gasteiger partial charge >= 0.3 is 0 Å². The molecule has 3 heterocycles. The molecule has 0 amide bonds. The molecule has 0 unspecified atom stereocenters. The number of piperazine rings is 1. The molecule has 0 spiro atoms. The Balaban J connectivity index is 1.64. The number of benzene rings is 1. The quantitative estimate of drug-likeness (QED) is 0.696. The van der Waals surface area contributed by atoms with Crippen LogP contribution < -0.4 is 4.90 Å². The number of hydrogen-bond donors (Lipinski definition) is 0. The van der Waals surface area contributed by atoms with E-state index in [9.17, 15) is 0 Å². The monoisotopic (exact) mass is 306 g/mol. The third-order valence-corrected chi connectivity index (χ3v) is 4.38. The Morgan fingerprint density at radius 2 is 1.96 bits per heavy atom. The van der Waals surface area contributed by atoms with Crippen molar-refractivity contribution in [1.29, 1.82) is 0 Å². The van der Waals surface area contributed by atoms with Gasteiger partial charge in [0.1, 0.15) is 17.4 Å². The van der Waals surface area contributed by atoms with Gasteiger partial charge in [-0.2, -0.15) is 0 Å². The van der Waals surface area contributed by atoms with Crippen LogP contribution in [0.25, 0.3) is 22.1 Å². The first kappa shape index (κ1) is 14.0. The average molecular weight is 306 g/mol. The molecule has 0 atom stereocenters. The van der Waals surface area contributed by atoms with Crippen molar-refractivity contribution in [2.45, 2.75) is 6.42 Å². The van der Waals surface area contributed by atoms with Crippen LogP contribution in [0.3, 0.4) is 0 Å². The van der Waals surface area contributed by atoms with E-state index in [4.69, 9.17) is 10.8 Å². The molecule has 1 fully saturated rings. The van der Waals surface area contributed by atoms with E-state index in [0.717, 1.165) is 67.0 Å². The standard InChI is InChI=1S/C18H18N4O/c1-2-3-8-21-9-11-22(12-10-21)18-17-16(19-13-20-18)14-6-4-5-7-15(14)23-17/h1,4-7,13H,3,8-12H2. The van der Waals surface area contributed by atoms with Crippen molar-refractivity contribution in [3.05, 3.63) is 30.6 Å². The number of anilines is 1. The zero-order chi connectivity index (χ0) is 15.6. The lowest BCUT2D eigenvalue weighted by Gasteiger charge is -2.34. The molecule has 3 aromatic rings. The van der Waals surface area contributed by atoms with Crippen LogP contribution in [0.4, 0.5) is 5.82 Å². The van der Waals surface area contributed by atoms with Gasteiger partial charge in [0.25, 0.3) is 0 Å². The highest BCUT2D eigenvalue weighted by Crippen LogP contribution is 2.32. The zero-order valence-corrected chi connectivity index (χ0v) is 12.9. The van der Waals surface area contributed by atoms with E-state index in [0.29, 0.717) is 0 Å². The molecule has 4 rings (SSSR count). The predicted octanol–water partition coefficient (Wildman–Crippen LogP) is 2.52. The van der Waals surface area contributed by atoms with Crippen LogP contribution in [-0.2, 0) is 0 Å². The predicted molar refractivity (Wildman–Crippen MR) is 91.4 cm³/mol. The van der Waals surface area contributed by atoms with Crippen LogP contribution in [0.1, 0.15) is 6.42 Å². The third-order valence-electron chi connectivity index (χ3n) is 4.38. The largest absolute Gasteiger partial charge is 0.450 e. The van der Waals surface area contributed by atoms with Crippen LogP contribution >= 0.6 is 0 Å². The summed E-state index contributed by atoms with van der Waals surface area (Å²) in [7, 11) is 0. The lowest BCUT2D eigenvalue weighted by molar-refractivity contribution is 0.263. The molecule has 1 aliphatic rings. The molecule has 0 N–H and O–H groups in total. The molecule has 2 aromatic heterocycles. The highest BCUT2D eigenvalue weighted by molar-refractivity contribution is 6.05. The SMILES string of the molecule is C#CCCN1CCN(c2ncnc3c2oc2ccccc23)CC1. The summed E-state index contributed by atoms with van der Waals surface area (Å²) < 4.78 is 6.02. The van der Waals surface area contributed by atoms with Crippen LogP contribution in [0.15, 0.2) is 35.0 Å². The number of nitrogens with zero attached hydrogens (tertiary/aromatic N) is 4. The highest BCUT2D eigenvalue weighted by atomic mass is 16.3. The van der Waals surface area contributed by atoms with Gasteiger partial charge in [0.15, 0.2) is 11.4 Å². The average Bonchev–Trinajstić information content (AvgIpc) is 2.99. The van der Waals surface area contributed by atoms with E-state index in [1.165, 1.54) is 0 Å². The first-order valence-corrected chi connectivity index (χ1v) is 7.90. The van der Waals surface area contributed by atoms with Gasteiger partial charge in [-0.3, -0.25) is 4.90 Å². The van der Waals surface area contributed by atoms with Crippen molar-refractivity contribution in [2.24, 2.45) is 0 Å². The molecule has 0 saturated carbocycles. The van der Waals surface area contributed by atoms with Gasteiger partial charge in [0, 0.05) is 44.5 Å². The van der Waals surface area contributed by atoms with Gasteiger partial charge in [-0.25, -0.2) is 9.97 Å². The first-order chi connectivity index (χ1) is 11.4. The van der Waals surface area contributed by atoms with Crippen molar-refractivity contribution >= 4 is 27.9 Å². The summed E-state index contributed by atoms with van der Waals surface area (Å²) >= 11 is 0. The molecule has 5 heteroatoms. The maximum absolute atomic E-state index is 6.02. The van der Waals surface area contributed by atoms with E-state index in [1.54, 1.807) is 6.33 Å². The molecule has 5 nitrogen and oxygen atoms in total. The number of para-hydroxylation sites is 1. The molecule has 0 bridgehead atoms. The number of rotatable bonds is 3. The lowest BCUT2D eigenvalue weighted by Crippen LogP contribution is -2.46. The number of furan rings is 1. The van der Waals surface area contributed by atoms with Gasteiger partial charge in [-0.05, 0) is 12.1 Å². The Bertz CT molecular complexity index is 871. The van der Waals surface area contributed by atoms with Crippen molar-refractivity contribution in [3.63, 3.8) is 0 Å². The lowest BCUT2D eigenvalue weighted by atomic mass is 10.2. The van der Waals surface area contributed by atoms with Gasteiger partial charge in [0.05, 0.1) is 0 Å². The Labute approximate surface area is 134 Å². The Hall–Kier alpha value is -2.58. The smallest absolute Gasteiger partial charge is 0.196 e. The minimum atomic E-state index is 0.783. The highest BCUT2D eigenvalue weighted by Gasteiger charge is 2.22. The summed E-state index contributed by atoms with van der Waals surface area (Å²) in [4.78, 5) is 13.6. The first-order valence-electron chi connectivity index (χ1n) is 7.90. The summed E-state index contributed by atoms with van der Waals surface area (Å²) in [5.41, 5.74) is 2.53. The molecular formula is C18H18N4O. The molecule has 1 aromatic carbocycles. The molecule has 1 saturated heterocycles. The van der Waals surface area contributed by atoms with Gasteiger partial charge in [-0.1, -0.05) is 12.1 Å². The van der Waals surface area contributed by atoms with Crippen molar-refractivity contribution in [3.8, 4) is 12.3 Å². The Morgan fingerprint density at radius 1 is 1.13 bits per heavy atom. The zero-order valence-electron chi connectivity index (χ0n) is 12.9. The fraction of sp³-hybridized carbons (Fsp3) is 0.333. The van der Waals surface area contributed by atoms with E-state index in [-0.39, 0.29) is 0 Å². The summed E-state index contributed by atoms with van der Waals surface area (Å²) in [6.45, 7) is 4.80. The van der Waals surface area contributed by atoms with Crippen LogP contribution in [0.2, 0.25) is 0 Å². The molecule has 23 heavy (non-hydrogen) atoms. The normalized spacial score (nSPS) is 16.0. The van der Waals surface area contributed by atoms with E-state index in [1.807, 2.05) is 24.3 Å². The maximum Gasteiger partial charge on any atom is 0.196 e. The molecule has 0 aliphatic carbocycles. The topological polar surface area (TPSA) is 45.4 Å². The summed E-state index contributed by atoms with van der Waals surface area (Å²) in [5.74, 6) is 3.60. The Kier molecular flexibility index (Phi) is 3.60. The summed E-state index contributed by atoms with van der Waals surface area (Å²) in [6.07, 6.45) is 7.78. The van der Waals surface area contributed by atoms with Crippen LogP contribution in [0.5, 0.6) is 0 Å². The number of hydrogen-bond acceptors (Lipinski definition) is 5. The minimum Gasteiger partial charge on any atom is -0.450 e. The molecule has 0 radical (unpaired) electrons. The second kappa shape index (κ2) is 5.90. The fourth-order valence-electron chi connectivity index (χ4n) is 3.14. The number of aromatic nitrogens is 2. The summed E-state index contributed by atoms with van der Waals surface area (Å²) in [5, 5.41) is 1.04. The maximum atomic E-state index is 6.02. The van der Waals surface area contributed by atoms with Gasteiger partial charge in [0.2, 0.25) is 0 Å². The number of fused-ring (bicyclic) bond motifs is 3. The van der Waals surface area contributed by atoms with E-state index in [2.05, 4.69) is 25.7 Å². The van der Waals surface area contributed by atoms with E-state index < -0.39 is 0 Å². The van der Waals surface area contributed by atoms with Crippen molar-refractivity contribution in [2.75, 3.05) is 37.6 Å². The fourth-order valence-corrected chi connectivity index (χ4v) is 3.14. The van der Waals surface area contributed by atoms with Crippen molar-refractivity contribution < 1.29 is 4.42 Å². The van der Waals surface area contributed by atoms with Crippen molar-refractivity contribution in [1.82, 2.24) is 14.9 Å². The second-order valence-corrected chi connectivity index (χ2v) is 5.76. The third kappa shape index (κ3) is 2.51. The second-order valence-electron chi connectivity index (χ2n) is 5.76. The number of terminal acetylenes is 1. The minimum absolute atomic E-state index is 0.783. The van der Waals surface area contributed by atoms with Crippen LogP contribution in [0, 0.1) is 12.3 Å². The Morgan fingerprint density at radius 3 is 2.78 bits per heavy atom. The molecular weight excluding hydrogens is 288 g/mol. The van der Waals surface area contributed by atoms with Gasteiger partial charge in [-0.15, -0.1) is 12.3 Å². The van der Waals surface area contributed by atoms with E-state index >= 15 is 0 Å². The van der Waals surface area contributed by atoms with Crippen LogP contribution in [-0.4, -0.2) is 47.6 Å². The molecule has 1 aliphatic heterocycles. The summed E-state index contributed by atoms with van der Waals surface area (Å²) in [6, 6.07) is 7.99. The molecule has 116 valence electrons.